The largest absolute Gasteiger partial charge is 0.482 e. The lowest BCUT2D eigenvalue weighted by atomic mass is 10.1. The first-order chi connectivity index (χ1) is 13.1. The Labute approximate surface area is 156 Å². The predicted octanol–water partition coefficient (Wildman–Crippen LogP) is 2.61. The highest BCUT2D eigenvalue weighted by atomic mass is 16.6. The topological polar surface area (TPSA) is 69.9 Å². The number of carbonyl (C=O) groups excluding carboxylic acids is 1. The third kappa shape index (κ3) is 3.69. The molecule has 0 spiro atoms. The van der Waals surface area contributed by atoms with Crippen LogP contribution < -0.4 is 10.3 Å². The monoisotopic (exact) mass is 364 g/mol. The number of carbonyl (C=O) groups is 1. The molecule has 1 aliphatic carbocycles. The fourth-order valence-corrected chi connectivity index (χ4v) is 3.36. The molecule has 6 nitrogen and oxygen atoms in total. The summed E-state index contributed by atoms with van der Waals surface area (Å²) in [7, 11) is 0. The zero-order chi connectivity index (χ0) is 18.8. The first kappa shape index (κ1) is 17.3. The molecule has 0 saturated carbocycles. The highest BCUT2D eigenvalue weighted by molar-refractivity contribution is 5.71. The molecule has 6 heteroatoms. The minimum atomic E-state index is -0.498. The number of pyridine rings is 1. The van der Waals surface area contributed by atoms with Crippen molar-refractivity contribution in [2.45, 2.75) is 32.8 Å². The van der Waals surface area contributed by atoms with Crippen molar-refractivity contribution in [1.29, 1.82) is 0 Å². The summed E-state index contributed by atoms with van der Waals surface area (Å²) < 4.78 is 12.2. The maximum atomic E-state index is 12.2. The highest BCUT2D eigenvalue weighted by Crippen LogP contribution is 2.25. The second-order valence-electron chi connectivity index (χ2n) is 6.70. The standard InChI is InChI=1S/C21H20N2O4/c1-14-4-3-9-23-19(24)11-17(22-21(14)23)12-27-20(25)13-26-18-8-7-15-5-2-6-16(15)10-18/h3-4,7-11H,2,5-6,12-13H2,1H3. The molecule has 27 heavy (non-hydrogen) atoms. The molecule has 3 aromatic rings. The van der Waals surface area contributed by atoms with Crippen molar-refractivity contribution in [1.82, 2.24) is 9.38 Å². The van der Waals surface area contributed by atoms with Crippen molar-refractivity contribution in [3.8, 4) is 5.75 Å². The van der Waals surface area contributed by atoms with E-state index in [1.807, 2.05) is 25.1 Å². The average molecular weight is 364 g/mol. The number of rotatable bonds is 5. The number of fused-ring (bicyclic) bond motifs is 2. The normalized spacial score (nSPS) is 12.8. The Kier molecular flexibility index (Phi) is 4.62. The number of benzene rings is 1. The van der Waals surface area contributed by atoms with Gasteiger partial charge in [0.2, 0.25) is 0 Å². The SMILES string of the molecule is Cc1cccn2c(=O)cc(COC(=O)COc3ccc4c(c3)CCC4)nc12. The number of aromatic nitrogens is 2. The molecule has 0 fully saturated rings. The lowest BCUT2D eigenvalue weighted by Crippen LogP contribution is -2.19. The summed E-state index contributed by atoms with van der Waals surface area (Å²) in [4.78, 5) is 28.5. The fourth-order valence-electron chi connectivity index (χ4n) is 3.36. The zero-order valence-corrected chi connectivity index (χ0v) is 15.1. The van der Waals surface area contributed by atoms with Gasteiger partial charge in [0.25, 0.3) is 5.56 Å². The third-order valence-corrected chi connectivity index (χ3v) is 4.75. The van der Waals surface area contributed by atoms with E-state index < -0.39 is 5.97 Å². The van der Waals surface area contributed by atoms with Crippen LogP contribution in [0, 0.1) is 6.92 Å². The molecular weight excluding hydrogens is 344 g/mol. The minimum Gasteiger partial charge on any atom is -0.482 e. The van der Waals surface area contributed by atoms with Crippen molar-refractivity contribution in [2.75, 3.05) is 6.61 Å². The Balaban J connectivity index is 1.37. The Morgan fingerprint density at radius 1 is 1.19 bits per heavy atom. The maximum Gasteiger partial charge on any atom is 0.344 e. The quantitative estimate of drug-likeness (QED) is 0.651. The Morgan fingerprint density at radius 3 is 2.93 bits per heavy atom. The van der Waals surface area contributed by atoms with Gasteiger partial charge in [-0.15, -0.1) is 0 Å². The van der Waals surface area contributed by atoms with Crippen LogP contribution in [-0.2, 0) is 29.0 Å². The van der Waals surface area contributed by atoms with Crippen LogP contribution in [0.3, 0.4) is 0 Å². The van der Waals surface area contributed by atoms with E-state index >= 15 is 0 Å². The number of hydrogen-bond donors (Lipinski definition) is 0. The van der Waals surface area contributed by atoms with E-state index in [9.17, 15) is 9.59 Å². The van der Waals surface area contributed by atoms with Crippen molar-refractivity contribution < 1.29 is 14.3 Å². The summed E-state index contributed by atoms with van der Waals surface area (Å²) in [6.07, 6.45) is 4.99. The van der Waals surface area contributed by atoms with Gasteiger partial charge in [-0.25, -0.2) is 9.78 Å². The number of aryl methyl sites for hydroxylation is 3. The number of esters is 1. The van der Waals surface area contributed by atoms with Gasteiger partial charge in [-0.05, 0) is 61.1 Å². The van der Waals surface area contributed by atoms with Crippen molar-refractivity contribution in [2.24, 2.45) is 0 Å². The Morgan fingerprint density at radius 2 is 2.04 bits per heavy atom. The van der Waals surface area contributed by atoms with Crippen LogP contribution in [0.15, 0.2) is 47.4 Å². The zero-order valence-electron chi connectivity index (χ0n) is 15.1. The molecule has 0 aliphatic heterocycles. The van der Waals surface area contributed by atoms with Crippen LogP contribution in [-0.4, -0.2) is 22.0 Å². The van der Waals surface area contributed by atoms with Gasteiger partial charge in [-0.1, -0.05) is 12.1 Å². The molecule has 138 valence electrons. The van der Waals surface area contributed by atoms with Gasteiger partial charge in [0, 0.05) is 12.3 Å². The van der Waals surface area contributed by atoms with Gasteiger partial charge in [-0.3, -0.25) is 9.20 Å². The van der Waals surface area contributed by atoms with Crippen LogP contribution in [0.5, 0.6) is 5.75 Å². The molecule has 0 unspecified atom stereocenters. The molecule has 2 aromatic heterocycles. The average Bonchev–Trinajstić information content (AvgIpc) is 3.13. The van der Waals surface area contributed by atoms with Gasteiger partial charge in [0.1, 0.15) is 18.0 Å². The van der Waals surface area contributed by atoms with Crippen molar-refractivity contribution >= 4 is 11.6 Å². The van der Waals surface area contributed by atoms with E-state index in [1.165, 1.54) is 28.0 Å². The summed E-state index contributed by atoms with van der Waals surface area (Å²) in [5.74, 6) is 0.174. The smallest absolute Gasteiger partial charge is 0.344 e. The molecular formula is C21H20N2O4. The van der Waals surface area contributed by atoms with Crippen LogP contribution in [0.4, 0.5) is 0 Å². The molecule has 1 aliphatic rings. The summed E-state index contributed by atoms with van der Waals surface area (Å²) >= 11 is 0. The summed E-state index contributed by atoms with van der Waals surface area (Å²) in [6, 6.07) is 11.0. The molecule has 4 rings (SSSR count). The van der Waals surface area contributed by atoms with Gasteiger partial charge in [0.15, 0.2) is 6.61 Å². The number of ether oxygens (including phenoxy) is 2. The minimum absolute atomic E-state index is 0.0630. The summed E-state index contributed by atoms with van der Waals surface area (Å²) in [5.41, 5.74) is 4.29. The first-order valence-corrected chi connectivity index (χ1v) is 8.98. The van der Waals surface area contributed by atoms with Gasteiger partial charge in [-0.2, -0.15) is 0 Å². The van der Waals surface area contributed by atoms with Gasteiger partial charge < -0.3 is 9.47 Å². The summed E-state index contributed by atoms with van der Waals surface area (Å²) in [5, 5.41) is 0. The molecule has 0 N–H and O–H groups in total. The van der Waals surface area contributed by atoms with E-state index in [2.05, 4.69) is 11.1 Å². The Hall–Kier alpha value is -3.15. The third-order valence-electron chi connectivity index (χ3n) is 4.75. The molecule has 1 aromatic carbocycles. The van der Waals surface area contributed by atoms with E-state index in [1.54, 1.807) is 12.3 Å². The molecule has 0 atom stereocenters. The molecule has 0 bridgehead atoms. The highest BCUT2D eigenvalue weighted by Gasteiger charge is 2.13. The van der Waals surface area contributed by atoms with Gasteiger partial charge >= 0.3 is 5.97 Å². The second-order valence-corrected chi connectivity index (χ2v) is 6.70. The molecule has 0 amide bonds. The van der Waals surface area contributed by atoms with E-state index in [0.29, 0.717) is 17.1 Å². The van der Waals surface area contributed by atoms with Crippen molar-refractivity contribution in [3.05, 3.63) is 75.3 Å². The first-order valence-electron chi connectivity index (χ1n) is 8.98. The Bertz CT molecular complexity index is 1070. The van der Waals surface area contributed by atoms with Crippen LogP contribution in [0.25, 0.3) is 5.65 Å². The lowest BCUT2D eigenvalue weighted by Gasteiger charge is -2.09. The number of nitrogens with zero attached hydrogens (tertiary/aromatic N) is 2. The van der Waals surface area contributed by atoms with E-state index in [-0.39, 0.29) is 18.8 Å². The van der Waals surface area contributed by atoms with Crippen LogP contribution in [0.1, 0.15) is 28.8 Å². The maximum absolute atomic E-state index is 12.2. The second kappa shape index (κ2) is 7.23. The molecule has 0 radical (unpaired) electrons. The van der Waals surface area contributed by atoms with E-state index in [4.69, 9.17) is 9.47 Å². The van der Waals surface area contributed by atoms with Gasteiger partial charge in [0.05, 0.1) is 5.69 Å². The number of hydrogen-bond acceptors (Lipinski definition) is 5. The summed E-state index contributed by atoms with van der Waals surface area (Å²) in [6.45, 7) is 1.64. The van der Waals surface area contributed by atoms with Crippen LogP contribution in [0.2, 0.25) is 0 Å². The lowest BCUT2D eigenvalue weighted by molar-refractivity contribution is -0.147. The fraction of sp³-hybridized carbons (Fsp3) is 0.286. The molecule has 2 heterocycles. The van der Waals surface area contributed by atoms with E-state index in [0.717, 1.165) is 18.4 Å². The van der Waals surface area contributed by atoms with Crippen molar-refractivity contribution in [3.63, 3.8) is 0 Å². The molecule has 0 saturated heterocycles. The predicted molar refractivity (Wildman–Crippen MR) is 100.0 cm³/mol. The van der Waals surface area contributed by atoms with Crippen LogP contribution >= 0.6 is 0 Å².